The monoisotopic (exact) mass is 380 g/mol. The van der Waals surface area contributed by atoms with E-state index in [1.54, 1.807) is 4.57 Å². The van der Waals surface area contributed by atoms with E-state index in [0.29, 0.717) is 17.8 Å². The van der Waals surface area contributed by atoms with Crippen LogP contribution in [0.5, 0.6) is 5.88 Å². The van der Waals surface area contributed by atoms with Gasteiger partial charge in [0.05, 0.1) is 10.4 Å². The van der Waals surface area contributed by atoms with Crippen molar-refractivity contribution in [2.45, 2.75) is 26.8 Å². The van der Waals surface area contributed by atoms with Gasteiger partial charge in [-0.25, -0.2) is 0 Å². The molecule has 0 fully saturated rings. The van der Waals surface area contributed by atoms with E-state index in [4.69, 9.17) is 0 Å². The molecule has 1 N–H and O–H groups in total. The first-order valence-electron chi connectivity index (χ1n) is 8.89. The Morgan fingerprint density at radius 2 is 1.86 bits per heavy atom. The van der Waals surface area contributed by atoms with Crippen molar-refractivity contribution in [2.24, 2.45) is 16.1 Å². The molecule has 0 aliphatic heterocycles. The van der Waals surface area contributed by atoms with Crippen LogP contribution in [0.2, 0.25) is 0 Å². The number of carbonyl (C=O) groups is 1. The maximum absolute atomic E-state index is 12.2. The van der Waals surface area contributed by atoms with Gasteiger partial charge in [0.15, 0.2) is 5.69 Å². The second-order valence-electron chi connectivity index (χ2n) is 6.83. The Morgan fingerprint density at radius 1 is 1.18 bits per heavy atom. The molecule has 3 rings (SSSR count). The van der Waals surface area contributed by atoms with Crippen molar-refractivity contribution in [3.8, 4) is 5.88 Å². The van der Waals surface area contributed by atoms with E-state index in [0.717, 1.165) is 11.9 Å². The Labute approximate surface area is 161 Å². The number of aryl methyl sites for hydroxylation is 1. The number of nitro groups is 1. The van der Waals surface area contributed by atoms with Gasteiger partial charge < -0.3 is 9.67 Å². The zero-order chi connectivity index (χ0) is 20.3. The second kappa shape index (κ2) is 7.99. The number of fused-ring (bicyclic) bond motifs is 1. The number of hydrogen-bond acceptors (Lipinski definition) is 5. The number of nitrogens with zero attached hydrogens (tertiary/aromatic N) is 4. The predicted molar refractivity (Wildman–Crippen MR) is 105 cm³/mol. The minimum absolute atomic E-state index is 0.0397. The molecule has 0 aliphatic rings. The van der Waals surface area contributed by atoms with E-state index in [1.165, 1.54) is 24.3 Å². The fraction of sp³-hybridized carbons (Fsp3) is 0.250. The van der Waals surface area contributed by atoms with Crippen LogP contribution in [0.1, 0.15) is 30.6 Å². The van der Waals surface area contributed by atoms with Crippen molar-refractivity contribution in [3.63, 3.8) is 0 Å². The highest BCUT2D eigenvalue weighted by molar-refractivity contribution is 5.97. The molecule has 0 saturated carbocycles. The van der Waals surface area contributed by atoms with Crippen LogP contribution in [0, 0.1) is 16.0 Å². The maximum atomic E-state index is 12.2. The van der Waals surface area contributed by atoms with Gasteiger partial charge in [-0.3, -0.25) is 14.9 Å². The first-order valence-corrected chi connectivity index (χ1v) is 8.89. The van der Waals surface area contributed by atoms with Crippen LogP contribution >= 0.6 is 0 Å². The summed E-state index contributed by atoms with van der Waals surface area (Å²) in [5.74, 6) is -0.218. The lowest BCUT2D eigenvalue weighted by molar-refractivity contribution is -0.384. The third-order valence-corrected chi connectivity index (χ3v) is 4.41. The summed E-state index contributed by atoms with van der Waals surface area (Å²) in [7, 11) is 0. The number of rotatable bonds is 6. The zero-order valence-corrected chi connectivity index (χ0v) is 15.6. The van der Waals surface area contributed by atoms with Crippen molar-refractivity contribution < 1.29 is 14.8 Å². The zero-order valence-electron chi connectivity index (χ0n) is 15.6. The molecule has 1 amide bonds. The van der Waals surface area contributed by atoms with Gasteiger partial charge in [-0.2, -0.15) is 0 Å². The van der Waals surface area contributed by atoms with E-state index < -0.39 is 10.8 Å². The third-order valence-electron chi connectivity index (χ3n) is 4.41. The third kappa shape index (κ3) is 3.90. The molecule has 0 spiro atoms. The van der Waals surface area contributed by atoms with Gasteiger partial charge >= 0.3 is 0 Å². The van der Waals surface area contributed by atoms with Crippen LogP contribution in [-0.4, -0.2) is 20.5 Å². The molecular formula is C20H20N4O4. The summed E-state index contributed by atoms with van der Waals surface area (Å²) in [6.07, 6.45) is 0.880. The molecule has 2 aromatic carbocycles. The summed E-state index contributed by atoms with van der Waals surface area (Å²) in [4.78, 5) is 22.4. The molecule has 8 nitrogen and oxygen atoms in total. The number of carbonyl (C=O) groups excluding carboxylic acids is 1. The Balaban J connectivity index is 1.92. The highest BCUT2D eigenvalue weighted by Crippen LogP contribution is 2.39. The van der Waals surface area contributed by atoms with Crippen LogP contribution in [0.25, 0.3) is 10.9 Å². The van der Waals surface area contributed by atoms with E-state index in [2.05, 4.69) is 24.1 Å². The topological polar surface area (TPSA) is 110 Å². The summed E-state index contributed by atoms with van der Waals surface area (Å²) in [5, 5.41) is 29.7. The molecule has 0 atom stereocenters. The summed E-state index contributed by atoms with van der Waals surface area (Å²) in [6, 6.07) is 12.5. The van der Waals surface area contributed by atoms with Crippen LogP contribution < -0.4 is 0 Å². The summed E-state index contributed by atoms with van der Waals surface area (Å²) in [5.41, 5.74) is 1.11. The molecule has 3 aromatic rings. The van der Waals surface area contributed by atoms with Crippen molar-refractivity contribution in [1.29, 1.82) is 0 Å². The number of nitro benzene ring substituents is 1. The molecule has 144 valence electrons. The quantitative estimate of drug-likeness (QED) is 0.359. The second-order valence-corrected chi connectivity index (χ2v) is 6.83. The molecule has 8 heteroatoms. The van der Waals surface area contributed by atoms with Gasteiger partial charge in [-0.05, 0) is 30.5 Å². The Bertz CT molecular complexity index is 1050. The smallest absolute Gasteiger partial charge is 0.295 e. The van der Waals surface area contributed by atoms with E-state index in [9.17, 15) is 20.0 Å². The number of non-ortho nitro benzene ring substituents is 1. The van der Waals surface area contributed by atoms with E-state index in [-0.39, 0.29) is 22.8 Å². The first-order chi connectivity index (χ1) is 13.4. The van der Waals surface area contributed by atoms with Crippen LogP contribution in [-0.2, 0) is 6.54 Å². The van der Waals surface area contributed by atoms with Crippen molar-refractivity contribution >= 4 is 28.2 Å². The lowest BCUT2D eigenvalue weighted by Crippen LogP contribution is -2.00. The van der Waals surface area contributed by atoms with E-state index in [1.807, 2.05) is 24.3 Å². The molecule has 0 bridgehead atoms. The maximum Gasteiger partial charge on any atom is 0.295 e. The average Bonchev–Trinajstić information content (AvgIpc) is 2.95. The average molecular weight is 380 g/mol. The highest BCUT2D eigenvalue weighted by atomic mass is 16.6. The minimum atomic E-state index is -0.645. The van der Waals surface area contributed by atoms with Crippen molar-refractivity contribution in [3.05, 3.63) is 64.2 Å². The fourth-order valence-electron chi connectivity index (χ4n) is 2.86. The molecule has 0 aliphatic carbocycles. The number of amides is 1. The highest BCUT2D eigenvalue weighted by Gasteiger charge is 2.17. The van der Waals surface area contributed by atoms with Gasteiger partial charge in [-0.1, -0.05) is 32.0 Å². The van der Waals surface area contributed by atoms with Gasteiger partial charge in [0.1, 0.15) is 0 Å². The molecule has 0 unspecified atom stereocenters. The Kier molecular flexibility index (Phi) is 5.49. The minimum Gasteiger partial charge on any atom is -0.493 e. The molecular weight excluding hydrogens is 360 g/mol. The lowest BCUT2D eigenvalue weighted by Gasteiger charge is -2.08. The SMILES string of the molecule is CC(C)CCn1c(O)c(N=NC(=O)c2ccc([N+](=O)[O-])cc2)c2ccccc21. The summed E-state index contributed by atoms with van der Waals surface area (Å²) < 4.78 is 1.76. The predicted octanol–water partition coefficient (Wildman–Crippen LogP) is 5.23. The largest absolute Gasteiger partial charge is 0.493 e. The Morgan fingerprint density at radius 3 is 2.50 bits per heavy atom. The summed E-state index contributed by atoms with van der Waals surface area (Å²) >= 11 is 0. The number of benzene rings is 2. The fourth-order valence-corrected chi connectivity index (χ4v) is 2.86. The van der Waals surface area contributed by atoms with Crippen LogP contribution in [0.15, 0.2) is 58.8 Å². The molecule has 1 heterocycles. The van der Waals surface area contributed by atoms with Crippen molar-refractivity contribution in [1.82, 2.24) is 4.57 Å². The van der Waals surface area contributed by atoms with Gasteiger partial charge in [-0.15, -0.1) is 10.2 Å². The van der Waals surface area contributed by atoms with E-state index >= 15 is 0 Å². The molecule has 1 aromatic heterocycles. The van der Waals surface area contributed by atoms with Crippen LogP contribution in [0.4, 0.5) is 11.4 Å². The van der Waals surface area contributed by atoms with Crippen LogP contribution in [0.3, 0.4) is 0 Å². The first kappa shape index (κ1) is 19.2. The summed E-state index contributed by atoms with van der Waals surface area (Å²) in [6.45, 7) is 4.83. The number of aromatic nitrogens is 1. The number of aromatic hydroxyl groups is 1. The standard InChI is InChI=1S/C20H20N4O4/c1-13(2)11-12-23-17-6-4-3-5-16(17)18(20(23)26)21-22-19(25)14-7-9-15(10-8-14)24(27)28/h3-10,13,26H,11-12H2,1-2H3. The van der Waals surface area contributed by atoms with Gasteiger partial charge in [0.2, 0.25) is 5.88 Å². The lowest BCUT2D eigenvalue weighted by atomic mass is 10.1. The Hall–Kier alpha value is -3.55. The number of azo groups is 1. The molecule has 28 heavy (non-hydrogen) atoms. The molecule has 0 radical (unpaired) electrons. The van der Waals surface area contributed by atoms with Crippen molar-refractivity contribution in [2.75, 3.05) is 0 Å². The molecule has 0 saturated heterocycles. The van der Waals surface area contributed by atoms with Gasteiger partial charge in [0, 0.05) is 29.6 Å². The number of hydrogen-bond donors (Lipinski definition) is 1. The van der Waals surface area contributed by atoms with Gasteiger partial charge in [0.25, 0.3) is 11.6 Å². The normalized spacial score (nSPS) is 11.5. The number of para-hydroxylation sites is 1.